The maximum atomic E-state index is 14.8. The second-order valence-electron chi connectivity index (χ2n) is 5.51. The lowest BCUT2D eigenvalue weighted by Gasteiger charge is -2.13. The Bertz CT molecular complexity index is 1040. The van der Waals surface area contributed by atoms with Crippen molar-refractivity contribution in [2.45, 2.75) is 6.54 Å². The number of benzene rings is 2. The van der Waals surface area contributed by atoms with E-state index in [0.29, 0.717) is 0 Å². The highest BCUT2D eigenvalue weighted by Crippen LogP contribution is 2.36. The van der Waals surface area contributed by atoms with Crippen LogP contribution in [0.3, 0.4) is 0 Å². The number of ether oxygens (including phenoxy) is 1. The summed E-state index contributed by atoms with van der Waals surface area (Å²) in [6.45, 7) is -0.187. The number of carbonyl (C=O) groups is 1. The lowest BCUT2D eigenvalue weighted by Crippen LogP contribution is -2.24. The van der Waals surface area contributed by atoms with E-state index in [1.54, 1.807) is 0 Å². The molecule has 0 aliphatic carbocycles. The van der Waals surface area contributed by atoms with Gasteiger partial charge in [0.1, 0.15) is 10.9 Å². The molecule has 28 heavy (non-hydrogen) atoms. The van der Waals surface area contributed by atoms with Crippen LogP contribution < -0.4 is 15.8 Å². The quantitative estimate of drug-likeness (QED) is 0.482. The van der Waals surface area contributed by atoms with Crippen molar-refractivity contribution in [2.75, 3.05) is 5.73 Å². The first-order valence-electron chi connectivity index (χ1n) is 7.64. The van der Waals surface area contributed by atoms with Crippen LogP contribution in [0.1, 0.15) is 16.1 Å². The second kappa shape index (κ2) is 8.22. The van der Waals surface area contributed by atoms with Crippen LogP contribution >= 0.6 is 34.8 Å². The average molecular weight is 448 g/mol. The lowest BCUT2D eigenvalue weighted by molar-refractivity contribution is 0.0946. The van der Waals surface area contributed by atoms with Gasteiger partial charge in [0, 0.05) is 24.2 Å². The maximum Gasteiger partial charge on any atom is 0.273 e. The van der Waals surface area contributed by atoms with Crippen molar-refractivity contribution in [1.29, 1.82) is 0 Å². The molecule has 0 saturated heterocycles. The van der Waals surface area contributed by atoms with E-state index < -0.39 is 17.5 Å². The first-order valence-corrected chi connectivity index (χ1v) is 8.77. The molecule has 0 radical (unpaired) electrons. The smallest absolute Gasteiger partial charge is 0.273 e. The number of nitrogens with two attached hydrogens (primary N) is 1. The Morgan fingerprint density at radius 3 is 2.57 bits per heavy atom. The number of nitrogens with zero attached hydrogens (tertiary/aromatic N) is 1. The van der Waals surface area contributed by atoms with Gasteiger partial charge in [0.05, 0.1) is 22.1 Å². The highest BCUT2D eigenvalue weighted by Gasteiger charge is 2.18. The summed E-state index contributed by atoms with van der Waals surface area (Å²) in [5.41, 5.74) is 5.28. The zero-order valence-corrected chi connectivity index (χ0v) is 16.1. The number of hydrogen-bond acceptors (Lipinski definition) is 4. The van der Waals surface area contributed by atoms with Crippen LogP contribution in [0.2, 0.25) is 15.2 Å². The van der Waals surface area contributed by atoms with Gasteiger partial charge in [-0.2, -0.15) is 0 Å². The number of nitrogen functional groups attached to an aromatic ring is 1. The van der Waals surface area contributed by atoms with Gasteiger partial charge in [-0.25, -0.2) is 13.8 Å². The molecule has 6 nitrogen and oxygen atoms in total. The van der Waals surface area contributed by atoms with Crippen LogP contribution in [-0.2, 0) is 6.54 Å². The standard InChI is InChI=1S/C17H11Cl3F2N4O2/c18-9-2-1-7(5-24-17(27)14-16(20)26-6-25-14)12(21)15(9)28-8-3-10(19)13(22)11(23)4-8/h1-4,6H,5,23H2,(H,24,27)(H,25,26). The van der Waals surface area contributed by atoms with Crippen LogP contribution in [0.15, 0.2) is 30.6 Å². The second-order valence-corrected chi connectivity index (χ2v) is 6.70. The first-order chi connectivity index (χ1) is 13.3. The molecule has 1 aromatic heterocycles. The lowest BCUT2D eigenvalue weighted by atomic mass is 10.2. The number of imidazole rings is 1. The van der Waals surface area contributed by atoms with Crippen molar-refractivity contribution in [2.24, 2.45) is 0 Å². The van der Waals surface area contributed by atoms with Crippen LogP contribution in [0, 0.1) is 11.6 Å². The number of nitrogens with one attached hydrogen (secondary N) is 2. The molecule has 0 saturated carbocycles. The number of rotatable bonds is 5. The van der Waals surface area contributed by atoms with E-state index in [4.69, 9.17) is 45.3 Å². The molecule has 146 valence electrons. The van der Waals surface area contributed by atoms with Gasteiger partial charge < -0.3 is 20.8 Å². The summed E-state index contributed by atoms with van der Waals surface area (Å²) < 4.78 is 33.8. The summed E-state index contributed by atoms with van der Waals surface area (Å²) in [7, 11) is 0. The number of amides is 1. The summed E-state index contributed by atoms with van der Waals surface area (Å²) in [6, 6.07) is 5.04. The Labute approximate surface area is 172 Å². The zero-order chi connectivity index (χ0) is 20.4. The van der Waals surface area contributed by atoms with Gasteiger partial charge in [0.15, 0.2) is 23.1 Å². The van der Waals surface area contributed by atoms with Crippen molar-refractivity contribution in [3.05, 3.63) is 68.7 Å². The monoisotopic (exact) mass is 446 g/mol. The summed E-state index contributed by atoms with van der Waals surface area (Å²) in [4.78, 5) is 18.4. The Kier molecular flexibility index (Phi) is 5.93. The minimum atomic E-state index is -0.819. The van der Waals surface area contributed by atoms with E-state index in [-0.39, 0.29) is 50.2 Å². The molecular formula is C17H11Cl3F2N4O2. The number of carbonyl (C=O) groups excluding carboxylic acids is 1. The third kappa shape index (κ3) is 4.14. The van der Waals surface area contributed by atoms with E-state index in [2.05, 4.69) is 15.3 Å². The molecule has 2 aromatic carbocycles. The molecule has 3 aromatic rings. The summed E-state index contributed by atoms with van der Waals surface area (Å²) in [6.07, 6.45) is 1.26. The number of hydrogen-bond donors (Lipinski definition) is 3. The molecule has 11 heteroatoms. The topological polar surface area (TPSA) is 93.0 Å². The SMILES string of the molecule is Nc1cc(Oc2c(Cl)ccc(CNC(=O)c3nc[nH]c3Cl)c2F)cc(Cl)c1F. The highest BCUT2D eigenvalue weighted by molar-refractivity contribution is 6.32. The number of anilines is 1. The van der Waals surface area contributed by atoms with Crippen molar-refractivity contribution < 1.29 is 18.3 Å². The molecular weight excluding hydrogens is 437 g/mol. The molecule has 1 amide bonds. The minimum absolute atomic E-state index is 0.00538. The van der Waals surface area contributed by atoms with Crippen LogP contribution in [0.5, 0.6) is 11.5 Å². The Morgan fingerprint density at radius 1 is 1.18 bits per heavy atom. The average Bonchev–Trinajstić information content (AvgIpc) is 3.08. The third-order valence-electron chi connectivity index (χ3n) is 3.63. The fraction of sp³-hybridized carbons (Fsp3) is 0.0588. The Hall–Kier alpha value is -2.55. The van der Waals surface area contributed by atoms with E-state index in [9.17, 15) is 13.6 Å². The van der Waals surface area contributed by atoms with Crippen LogP contribution in [-0.4, -0.2) is 15.9 Å². The third-order valence-corrected chi connectivity index (χ3v) is 4.49. The van der Waals surface area contributed by atoms with E-state index >= 15 is 0 Å². The Morgan fingerprint density at radius 2 is 1.93 bits per heavy atom. The molecule has 1 heterocycles. The van der Waals surface area contributed by atoms with Crippen molar-refractivity contribution >= 4 is 46.4 Å². The van der Waals surface area contributed by atoms with Crippen LogP contribution in [0.25, 0.3) is 0 Å². The summed E-state index contributed by atoms with van der Waals surface area (Å²) in [5.74, 6) is -2.56. The normalized spacial score (nSPS) is 10.8. The van der Waals surface area contributed by atoms with Crippen molar-refractivity contribution in [3.63, 3.8) is 0 Å². The molecule has 0 unspecified atom stereocenters. The van der Waals surface area contributed by atoms with Gasteiger partial charge in [-0.3, -0.25) is 4.79 Å². The predicted molar refractivity (Wildman–Crippen MR) is 102 cm³/mol. The molecule has 0 fully saturated rings. The van der Waals surface area contributed by atoms with Crippen LogP contribution in [0.4, 0.5) is 14.5 Å². The van der Waals surface area contributed by atoms with Gasteiger partial charge in [0.2, 0.25) is 0 Å². The minimum Gasteiger partial charge on any atom is -0.453 e. The number of aromatic nitrogens is 2. The van der Waals surface area contributed by atoms with Gasteiger partial charge in [-0.15, -0.1) is 0 Å². The molecule has 0 aliphatic rings. The summed E-state index contributed by atoms with van der Waals surface area (Å²) in [5, 5.41) is 2.22. The van der Waals surface area contributed by atoms with Crippen molar-refractivity contribution in [3.8, 4) is 11.5 Å². The van der Waals surface area contributed by atoms with Crippen molar-refractivity contribution in [1.82, 2.24) is 15.3 Å². The molecule has 0 spiro atoms. The zero-order valence-electron chi connectivity index (χ0n) is 13.8. The molecule has 0 bridgehead atoms. The maximum absolute atomic E-state index is 14.8. The largest absolute Gasteiger partial charge is 0.453 e. The van der Waals surface area contributed by atoms with Gasteiger partial charge in [0.25, 0.3) is 5.91 Å². The van der Waals surface area contributed by atoms with Gasteiger partial charge >= 0.3 is 0 Å². The number of aromatic amines is 1. The van der Waals surface area contributed by atoms with Gasteiger partial charge in [-0.05, 0) is 6.07 Å². The fourth-order valence-electron chi connectivity index (χ4n) is 2.26. The number of H-pyrrole nitrogens is 1. The van der Waals surface area contributed by atoms with E-state index in [1.165, 1.54) is 18.5 Å². The number of halogens is 5. The summed E-state index contributed by atoms with van der Waals surface area (Å²) >= 11 is 17.5. The van der Waals surface area contributed by atoms with E-state index in [1.807, 2.05) is 0 Å². The highest BCUT2D eigenvalue weighted by atomic mass is 35.5. The fourth-order valence-corrected chi connectivity index (χ4v) is 2.85. The molecule has 0 aliphatic heterocycles. The molecule has 0 atom stereocenters. The van der Waals surface area contributed by atoms with Gasteiger partial charge in [-0.1, -0.05) is 40.9 Å². The predicted octanol–water partition coefficient (Wildman–Crippen LogP) is 4.95. The molecule has 3 rings (SSSR count). The molecule has 4 N–H and O–H groups in total. The first kappa shape index (κ1) is 20.2. The van der Waals surface area contributed by atoms with E-state index in [0.717, 1.165) is 12.1 Å². The Balaban J connectivity index is 1.82.